The minimum atomic E-state index is -0.513. The van der Waals surface area contributed by atoms with Crippen molar-refractivity contribution in [2.75, 3.05) is 14.1 Å². The van der Waals surface area contributed by atoms with Crippen molar-refractivity contribution in [2.24, 2.45) is 10.4 Å². The van der Waals surface area contributed by atoms with Crippen molar-refractivity contribution in [1.29, 1.82) is 0 Å². The number of amidine groups is 1. The summed E-state index contributed by atoms with van der Waals surface area (Å²) in [5.41, 5.74) is 1.05. The quantitative estimate of drug-likeness (QED) is 0.753. The minimum Gasteiger partial charge on any atom is -0.421 e. The van der Waals surface area contributed by atoms with Crippen molar-refractivity contribution in [3.8, 4) is 0 Å². The van der Waals surface area contributed by atoms with Crippen LogP contribution in [0.2, 0.25) is 10.0 Å². The van der Waals surface area contributed by atoms with Crippen LogP contribution in [0.25, 0.3) is 0 Å². The zero-order valence-electron chi connectivity index (χ0n) is 16.6. The zero-order valence-corrected chi connectivity index (χ0v) is 18.1. The summed E-state index contributed by atoms with van der Waals surface area (Å²) in [7, 11) is 3.72. The molecule has 6 nitrogen and oxygen atoms in total. The van der Waals surface area contributed by atoms with Gasteiger partial charge in [-0.15, -0.1) is 0 Å². The highest BCUT2D eigenvalue weighted by atomic mass is 35.5. The molecule has 1 aromatic carbocycles. The van der Waals surface area contributed by atoms with Gasteiger partial charge >= 0.3 is 6.09 Å². The van der Waals surface area contributed by atoms with E-state index in [1.54, 1.807) is 7.05 Å². The first-order valence-electron chi connectivity index (χ1n) is 9.49. The molecule has 4 aliphatic rings. The third-order valence-corrected chi connectivity index (χ3v) is 7.18. The first kappa shape index (κ1) is 19.8. The molecule has 5 rings (SSSR count). The Hall–Kier alpha value is -1.50. The number of ether oxygens (including phenoxy) is 1. The minimum absolute atomic E-state index is 0.0873. The fraction of sp³-hybridized carbons (Fsp3) is 0.600. The van der Waals surface area contributed by atoms with Gasteiger partial charge in [0.25, 0.3) is 0 Å². The van der Waals surface area contributed by atoms with Crippen molar-refractivity contribution in [3.05, 3.63) is 33.8 Å². The lowest BCUT2D eigenvalue weighted by Crippen LogP contribution is -2.77. The maximum atomic E-state index is 11.6. The van der Waals surface area contributed by atoms with E-state index in [-0.39, 0.29) is 11.0 Å². The lowest BCUT2D eigenvalue weighted by atomic mass is 9.38. The van der Waals surface area contributed by atoms with Gasteiger partial charge in [-0.3, -0.25) is 4.90 Å². The highest BCUT2D eigenvalue weighted by Crippen LogP contribution is 2.70. The van der Waals surface area contributed by atoms with Gasteiger partial charge in [0.15, 0.2) is 0 Å². The molecule has 1 aliphatic heterocycles. The second kappa shape index (κ2) is 6.51. The third-order valence-electron chi connectivity index (χ3n) is 6.45. The smallest absolute Gasteiger partial charge is 0.408 e. The maximum Gasteiger partial charge on any atom is 0.408 e. The predicted octanol–water partition coefficient (Wildman–Crippen LogP) is 3.81. The number of aliphatic imine (C=N–C) groups is 1. The molecule has 0 unspecified atom stereocenters. The summed E-state index contributed by atoms with van der Waals surface area (Å²) in [5.74, 6) is 0.983. The number of rotatable bonds is 5. The molecule has 0 spiro atoms. The Balaban J connectivity index is 1.40. The Labute approximate surface area is 175 Å². The SMILES string of the molecule is CNC(=O)O[C@@H]1N=C(C23CC(N(C)Cc4ccc(Cl)c(Cl)c4)(C2)C3)NC1(C)C. The number of nitrogens with one attached hydrogen (secondary N) is 2. The molecule has 0 radical (unpaired) electrons. The van der Waals surface area contributed by atoms with Gasteiger partial charge in [0.05, 0.1) is 15.6 Å². The van der Waals surface area contributed by atoms with Gasteiger partial charge in [-0.1, -0.05) is 29.3 Å². The standard InChI is InChI=1S/C20H26Cl2N4O2/c1-18(2)16(28-17(27)23-3)24-15(25-18)19-9-20(10-19,11-19)26(4)8-12-5-6-13(21)14(22)7-12/h5-7,16H,8-11H2,1-4H3,(H,23,27)(H,24,25)/t16-,19?,20?/m0/s1. The highest BCUT2D eigenvalue weighted by Gasteiger charge is 2.72. The van der Waals surface area contributed by atoms with E-state index in [0.29, 0.717) is 10.0 Å². The van der Waals surface area contributed by atoms with Crippen LogP contribution in [0.5, 0.6) is 0 Å². The molecule has 1 aromatic rings. The largest absolute Gasteiger partial charge is 0.421 e. The van der Waals surface area contributed by atoms with Crippen LogP contribution in [0.4, 0.5) is 4.79 Å². The van der Waals surface area contributed by atoms with E-state index < -0.39 is 17.9 Å². The van der Waals surface area contributed by atoms with Gasteiger partial charge < -0.3 is 15.4 Å². The average molecular weight is 425 g/mol. The second-order valence-corrected chi connectivity index (χ2v) is 9.79. The lowest BCUT2D eigenvalue weighted by Gasteiger charge is -2.73. The van der Waals surface area contributed by atoms with Crippen LogP contribution < -0.4 is 10.6 Å². The predicted molar refractivity (Wildman–Crippen MR) is 111 cm³/mol. The normalized spacial score (nSPS) is 32.1. The third kappa shape index (κ3) is 3.06. The van der Waals surface area contributed by atoms with Crippen LogP contribution in [-0.4, -0.2) is 48.2 Å². The van der Waals surface area contributed by atoms with Crippen LogP contribution >= 0.6 is 23.2 Å². The molecule has 3 fully saturated rings. The number of hydrogen-bond donors (Lipinski definition) is 2. The summed E-state index contributed by atoms with van der Waals surface area (Å²) in [6.07, 6.45) is 2.22. The topological polar surface area (TPSA) is 66.0 Å². The van der Waals surface area contributed by atoms with Crippen LogP contribution in [0.15, 0.2) is 23.2 Å². The Bertz CT molecular complexity index is 835. The van der Waals surface area contributed by atoms with E-state index in [4.69, 9.17) is 32.9 Å². The molecule has 152 valence electrons. The number of amides is 1. The van der Waals surface area contributed by atoms with Crippen LogP contribution in [-0.2, 0) is 11.3 Å². The molecular weight excluding hydrogens is 399 g/mol. The van der Waals surface area contributed by atoms with E-state index in [0.717, 1.165) is 37.2 Å². The van der Waals surface area contributed by atoms with E-state index in [1.165, 1.54) is 0 Å². The van der Waals surface area contributed by atoms with Crippen molar-refractivity contribution in [2.45, 2.75) is 57.0 Å². The Morgan fingerprint density at radius 2 is 2.00 bits per heavy atom. The molecule has 1 atom stereocenters. The van der Waals surface area contributed by atoms with Crippen molar-refractivity contribution in [3.63, 3.8) is 0 Å². The van der Waals surface area contributed by atoms with Gasteiger partial charge in [0.2, 0.25) is 6.23 Å². The zero-order chi connectivity index (χ0) is 20.3. The van der Waals surface area contributed by atoms with Gasteiger partial charge in [0.1, 0.15) is 5.84 Å². The number of nitrogens with zero attached hydrogens (tertiary/aromatic N) is 2. The first-order valence-corrected chi connectivity index (χ1v) is 10.2. The van der Waals surface area contributed by atoms with E-state index in [2.05, 4.69) is 22.6 Å². The summed E-state index contributed by atoms with van der Waals surface area (Å²) in [4.78, 5) is 18.7. The van der Waals surface area contributed by atoms with Crippen molar-refractivity contribution < 1.29 is 9.53 Å². The highest BCUT2D eigenvalue weighted by molar-refractivity contribution is 6.42. The Morgan fingerprint density at radius 1 is 1.32 bits per heavy atom. The van der Waals surface area contributed by atoms with Crippen LogP contribution in [0.1, 0.15) is 38.7 Å². The molecule has 3 saturated carbocycles. The molecule has 0 aromatic heterocycles. The fourth-order valence-corrected chi connectivity index (χ4v) is 5.07. The molecular formula is C20H26Cl2N4O2. The number of benzene rings is 1. The summed E-state index contributed by atoms with van der Waals surface area (Å²) in [6.45, 7) is 4.85. The Morgan fingerprint density at radius 3 is 2.61 bits per heavy atom. The number of carbonyl (C=O) groups excluding carboxylic acids is 1. The molecule has 2 N–H and O–H groups in total. The van der Waals surface area contributed by atoms with Gasteiger partial charge in [-0.2, -0.15) is 0 Å². The monoisotopic (exact) mass is 424 g/mol. The summed E-state index contributed by atoms with van der Waals surface area (Å²) < 4.78 is 5.43. The molecule has 2 bridgehead atoms. The molecule has 1 heterocycles. The van der Waals surface area contributed by atoms with Crippen LogP contribution in [0, 0.1) is 5.41 Å². The van der Waals surface area contributed by atoms with Gasteiger partial charge in [0, 0.05) is 24.5 Å². The van der Waals surface area contributed by atoms with E-state index in [9.17, 15) is 4.79 Å². The molecule has 1 amide bonds. The molecule has 28 heavy (non-hydrogen) atoms. The number of carbonyl (C=O) groups is 1. The summed E-state index contributed by atoms with van der Waals surface area (Å²) in [6, 6.07) is 5.81. The van der Waals surface area contributed by atoms with Crippen molar-refractivity contribution in [1.82, 2.24) is 15.5 Å². The van der Waals surface area contributed by atoms with E-state index >= 15 is 0 Å². The fourth-order valence-electron chi connectivity index (χ4n) is 4.75. The number of halogens is 2. The second-order valence-electron chi connectivity index (χ2n) is 8.97. The summed E-state index contributed by atoms with van der Waals surface area (Å²) in [5, 5.41) is 7.17. The lowest BCUT2D eigenvalue weighted by molar-refractivity contribution is -0.175. The van der Waals surface area contributed by atoms with Crippen LogP contribution in [0.3, 0.4) is 0 Å². The summed E-state index contributed by atoms with van der Waals surface area (Å²) >= 11 is 12.2. The Kier molecular flexibility index (Phi) is 4.60. The number of hydrogen-bond acceptors (Lipinski definition) is 5. The van der Waals surface area contributed by atoms with Gasteiger partial charge in [-0.05, 0) is 57.9 Å². The molecule has 0 saturated heterocycles. The van der Waals surface area contributed by atoms with Gasteiger partial charge in [-0.25, -0.2) is 9.79 Å². The van der Waals surface area contributed by atoms with E-state index in [1.807, 2.05) is 32.0 Å². The average Bonchev–Trinajstić information content (AvgIpc) is 2.82. The molecule has 3 aliphatic carbocycles. The molecule has 8 heteroatoms. The first-order chi connectivity index (χ1) is 13.1. The maximum absolute atomic E-state index is 11.6. The van der Waals surface area contributed by atoms with Crippen molar-refractivity contribution >= 4 is 35.1 Å². The number of alkyl carbamates (subject to hydrolysis) is 1.